The van der Waals surface area contributed by atoms with Crippen molar-refractivity contribution in [2.75, 3.05) is 13.2 Å². The molecule has 4 heteroatoms. The Morgan fingerprint density at radius 3 is 3.05 bits per heavy atom. The molecule has 1 amide bonds. The maximum absolute atomic E-state index is 11.9. The topological polar surface area (TPSA) is 51.5 Å². The fourth-order valence-electron chi connectivity index (χ4n) is 2.80. The monoisotopic (exact) mass is 299 g/mol. The zero-order valence-corrected chi connectivity index (χ0v) is 12.8. The molecule has 1 atom stereocenters. The number of para-hydroxylation sites is 1. The molecule has 1 unspecified atom stereocenters. The van der Waals surface area contributed by atoms with Crippen molar-refractivity contribution >= 4 is 23.0 Å². The third-order valence-electron chi connectivity index (χ3n) is 3.96. The van der Waals surface area contributed by atoms with E-state index >= 15 is 0 Å². The van der Waals surface area contributed by atoms with Crippen molar-refractivity contribution in [2.24, 2.45) is 0 Å². The van der Waals surface area contributed by atoms with Crippen LogP contribution in [0.25, 0.3) is 17.0 Å². The number of amides is 1. The van der Waals surface area contributed by atoms with Crippen LogP contribution in [-0.4, -0.2) is 25.2 Å². The molecule has 1 saturated heterocycles. The summed E-state index contributed by atoms with van der Waals surface area (Å²) in [5.41, 5.74) is 1.85. The van der Waals surface area contributed by atoms with Crippen LogP contribution in [0.4, 0.5) is 0 Å². The summed E-state index contributed by atoms with van der Waals surface area (Å²) in [5.74, 6) is 0.812. The Bertz CT molecular complexity index is 681. The van der Waals surface area contributed by atoms with Crippen molar-refractivity contribution in [3.8, 4) is 0 Å². The molecule has 3 rings (SSSR count). The number of rotatable bonds is 5. The maximum atomic E-state index is 11.9. The average molecular weight is 299 g/mol. The van der Waals surface area contributed by atoms with E-state index in [9.17, 15) is 4.79 Å². The summed E-state index contributed by atoms with van der Waals surface area (Å²) in [6.45, 7) is 3.43. The van der Waals surface area contributed by atoms with E-state index in [1.54, 1.807) is 6.08 Å². The number of hydrogen-bond acceptors (Lipinski definition) is 3. The van der Waals surface area contributed by atoms with E-state index in [1.807, 2.05) is 37.3 Å². The van der Waals surface area contributed by atoms with Crippen LogP contribution < -0.4 is 5.32 Å². The minimum absolute atomic E-state index is 0.0946. The van der Waals surface area contributed by atoms with Crippen LogP contribution in [0.15, 0.2) is 34.8 Å². The highest BCUT2D eigenvalue weighted by molar-refractivity contribution is 5.96. The lowest BCUT2D eigenvalue weighted by Gasteiger charge is -2.08. The van der Waals surface area contributed by atoms with E-state index in [1.165, 1.54) is 0 Å². The Morgan fingerprint density at radius 1 is 1.41 bits per heavy atom. The molecule has 1 aliphatic rings. The quantitative estimate of drug-likeness (QED) is 0.862. The van der Waals surface area contributed by atoms with Gasteiger partial charge in [-0.3, -0.25) is 4.79 Å². The van der Waals surface area contributed by atoms with Gasteiger partial charge < -0.3 is 14.5 Å². The lowest BCUT2D eigenvalue weighted by molar-refractivity contribution is -0.116. The van der Waals surface area contributed by atoms with Crippen LogP contribution in [0.3, 0.4) is 0 Å². The molecule has 1 fully saturated rings. The minimum atomic E-state index is -0.0946. The number of hydrogen-bond donors (Lipinski definition) is 1. The third-order valence-corrected chi connectivity index (χ3v) is 3.96. The van der Waals surface area contributed by atoms with Crippen molar-refractivity contribution in [2.45, 2.75) is 32.3 Å². The molecule has 0 bridgehead atoms. The summed E-state index contributed by atoms with van der Waals surface area (Å²) in [6, 6.07) is 7.89. The molecular formula is C18H21NO3. The highest BCUT2D eigenvalue weighted by Gasteiger charge is 2.15. The van der Waals surface area contributed by atoms with Crippen molar-refractivity contribution in [3.05, 3.63) is 41.7 Å². The molecule has 0 saturated carbocycles. The number of benzene rings is 1. The lowest BCUT2D eigenvalue weighted by Crippen LogP contribution is -2.30. The standard InChI is InChI=1S/C18H21NO3/c1-2-16-15(14-7-3-4-8-17(14)22-16)9-10-18(20)19-12-13-6-5-11-21-13/h3-4,7-10,13H,2,5-6,11-12H2,1H3,(H,19,20)/b10-9+. The average Bonchev–Trinajstić information content (AvgIpc) is 3.18. The molecule has 1 N–H and O–H groups in total. The molecule has 2 heterocycles. The number of carbonyl (C=O) groups is 1. The Hall–Kier alpha value is -2.07. The van der Waals surface area contributed by atoms with Gasteiger partial charge in [0.1, 0.15) is 11.3 Å². The highest BCUT2D eigenvalue weighted by atomic mass is 16.5. The molecular weight excluding hydrogens is 278 g/mol. The summed E-state index contributed by atoms with van der Waals surface area (Å²) in [4.78, 5) is 11.9. The number of fused-ring (bicyclic) bond motifs is 1. The van der Waals surface area contributed by atoms with Gasteiger partial charge in [-0.1, -0.05) is 25.1 Å². The summed E-state index contributed by atoms with van der Waals surface area (Å²) in [5, 5.41) is 3.94. The second kappa shape index (κ2) is 6.79. The second-order valence-electron chi connectivity index (χ2n) is 5.50. The minimum Gasteiger partial charge on any atom is -0.460 e. The van der Waals surface area contributed by atoms with Crippen LogP contribution in [0.5, 0.6) is 0 Å². The Kier molecular flexibility index (Phi) is 4.59. The van der Waals surface area contributed by atoms with E-state index < -0.39 is 0 Å². The first-order chi connectivity index (χ1) is 10.8. The van der Waals surface area contributed by atoms with Gasteiger partial charge in [-0.15, -0.1) is 0 Å². The number of carbonyl (C=O) groups excluding carboxylic acids is 1. The molecule has 2 aromatic rings. The normalized spacial score (nSPS) is 18.3. The van der Waals surface area contributed by atoms with Gasteiger partial charge in [0.15, 0.2) is 0 Å². The first-order valence-corrected chi connectivity index (χ1v) is 7.86. The van der Waals surface area contributed by atoms with Gasteiger partial charge in [-0.2, -0.15) is 0 Å². The summed E-state index contributed by atoms with van der Waals surface area (Å²) in [6.07, 6.45) is 6.48. The number of furan rings is 1. The van der Waals surface area contributed by atoms with Gasteiger partial charge in [-0.25, -0.2) is 0 Å². The maximum Gasteiger partial charge on any atom is 0.244 e. The van der Waals surface area contributed by atoms with E-state index in [4.69, 9.17) is 9.15 Å². The molecule has 4 nitrogen and oxygen atoms in total. The van der Waals surface area contributed by atoms with Crippen LogP contribution in [-0.2, 0) is 16.0 Å². The van der Waals surface area contributed by atoms with E-state index in [2.05, 4.69) is 5.32 Å². The van der Waals surface area contributed by atoms with Crippen LogP contribution >= 0.6 is 0 Å². The number of nitrogens with one attached hydrogen (secondary N) is 1. The van der Waals surface area contributed by atoms with Crippen molar-refractivity contribution in [1.29, 1.82) is 0 Å². The zero-order valence-electron chi connectivity index (χ0n) is 12.8. The molecule has 0 radical (unpaired) electrons. The van der Waals surface area contributed by atoms with E-state index in [-0.39, 0.29) is 12.0 Å². The molecule has 1 aliphatic heterocycles. The molecule has 116 valence electrons. The first kappa shape index (κ1) is 14.9. The second-order valence-corrected chi connectivity index (χ2v) is 5.50. The van der Waals surface area contributed by atoms with Gasteiger partial charge in [-0.05, 0) is 25.0 Å². The fourth-order valence-corrected chi connectivity index (χ4v) is 2.80. The largest absolute Gasteiger partial charge is 0.460 e. The highest BCUT2D eigenvalue weighted by Crippen LogP contribution is 2.27. The Balaban J connectivity index is 1.70. The van der Waals surface area contributed by atoms with Crippen molar-refractivity contribution in [3.63, 3.8) is 0 Å². The lowest BCUT2D eigenvalue weighted by atomic mass is 10.1. The van der Waals surface area contributed by atoms with Gasteiger partial charge in [0.2, 0.25) is 5.91 Å². The van der Waals surface area contributed by atoms with Gasteiger partial charge in [0.25, 0.3) is 0 Å². The molecule has 0 spiro atoms. The summed E-state index contributed by atoms with van der Waals surface area (Å²) >= 11 is 0. The van der Waals surface area contributed by atoms with Crippen LogP contribution in [0, 0.1) is 0 Å². The molecule has 22 heavy (non-hydrogen) atoms. The van der Waals surface area contributed by atoms with E-state index in [0.29, 0.717) is 6.54 Å². The van der Waals surface area contributed by atoms with Crippen molar-refractivity contribution in [1.82, 2.24) is 5.32 Å². The van der Waals surface area contributed by atoms with Gasteiger partial charge in [0, 0.05) is 36.6 Å². The first-order valence-electron chi connectivity index (χ1n) is 7.86. The van der Waals surface area contributed by atoms with Crippen LogP contribution in [0.1, 0.15) is 31.1 Å². The molecule has 1 aromatic carbocycles. The SMILES string of the molecule is CCc1oc2ccccc2c1/C=C/C(=O)NCC1CCCO1. The summed E-state index contributed by atoms with van der Waals surface area (Å²) < 4.78 is 11.3. The number of ether oxygens (including phenoxy) is 1. The predicted molar refractivity (Wildman–Crippen MR) is 86.6 cm³/mol. The summed E-state index contributed by atoms with van der Waals surface area (Å²) in [7, 11) is 0. The fraction of sp³-hybridized carbons (Fsp3) is 0.389. The van der Waals surface area contributed by atoms with Crippen LogP contribution in [0.2, 0.25) is 0 Å². The molecule has 1 aromatic heterocycles. The van der Waals surface area contributed by atoms with E-state index in [0.717, 1.165) is 48.2 Å². The molecule has 0 aliphatic carbocycles. The Labute approximate surface area is 130 Å². The predicted octanol–water partition coefficient (Wildman–Crippen LogP) is 3.30. The van der Waals surface area contributed by atoms with Gasteiger partial charge >= 0.3 is 0 Å². The van der Waals surface area contributed by atoms with Gasteiger partial charge in [0.05, 0.1) is 6.10 Å². The Morgan fingerprint density at radius 2 is 2.27 bits per heavy atom. The number of aryl methyl sites for hydroxylation is 1. The smallest absolute Gasteiger partial charge is 0.244 e. The van der Waals surface area contributed by atoms with Crippen molar-refractivity contribution < 1.29 is 13.9 Å². The third kappa shape index (κ3) is 3.22. The zero-order chi connectivity index (χ0) is 15.4.